The van der Waals surface area contributed by atoms with Gasteiger partial charge in [-0.1, -0.05) is 61.7 Å². The molecule has 2 unspecified atom stereocenters. The van der Waals surface area contributed by atoms with Crippen LogP contribution in [0.4, 0.5) is 0 Å². The van der Waals surface area contributed by atoms with Crippen LogP contribution in [0.1, 0.15) is 48.0 Å². The molecule has 5 heteroatoms. The van der Waals surface area contributed by atoms with Gasteiger partial charge in [-0.2, -0.15) is 5.10 Å². The van der Waals surface area contributed by atoms with E-state index in [1.807, 2.05) is 53.3 Å². The lowest BCUT2D eigenvalue weighted by Crippen LogP contribution is -2.44. The molecule has 1 aromatic heterocycles. The molecule has 2 heterocycles. The number of nitrogens with zero attached hydrogens (tertiary/aromatic N) is 3. The molecular weight excluding hydrogens is 398 g/mol. The first-order chi connectivity index (χ1) is 15.7. The first-order valence-electron chi connectivity index (χ1n) is 11.8. The fraction of sp³-hybridized carbons (Fsp3) is 0.407. The fourth-order valence-electron chi connectivity index (χ4n) is 5.42. The van der Waals surface area contributed by atoms with Gasteiger partial charge in [-0.05, 0) is 42.4 Å². The van der Waals surface area contributed by atoms with Crippen LogP contribution in [0.25, 0.3) is 11.3 Å². The predicted molar refractivity (Wildman–Crippen MR) is 126 cm³/mol. The van der Waals surface area contributed by atoms with Crippen LogP contribution in [0.5, 0.6) is 5.75 Å². The van der Waals surface area contributed by atoms with Gasteiger partial charge in [0.1, 0.15) is 11.4 Å². The van der Waals surface area contributed by atoms with Crippen molar-refractivity contribution in [1.29, 1.82) is 0 Å². The predicted octanol–water partition coefficient (Wildman–Crippen LogP) is 5.26. The molecule has 0 radical (unpaired) electrons. The van der Waals surface area contributed by atoms with Crippen LogP contribution >= 0.6 is 0 Å². The van der Waals surface area contributed by atoms with E-state index in [2.05, 4.69) is 17.0 Å². The summed E-state index contributed by atoms with van der Waals surface area (Å²) in [6, 6.07) is 18.1. The Bertz CT molecular complexity index is 1080. The van der Waals surface area contributed by atoms with Gasteiger partial charge in [-0.3, -0.25) is 9.48 Å². The standard InChI is InChI=1S/C27H31N3O2/c1-32-25-14-8-7-13-23(25)26-24(19-30(28-26)17-20-9-3-2-4-10-20)27(31)29-16-15-21-11-5-6-12-22(21)18-29/h2-4,7-10,13-14,19,21-22H,5-6,11-12,15-18H2,1H3. The molecule has 1 saturated carbocycles. The third-order valence-electron chi connectivity index (χ3n) is 7.12. The van der Waals surface area contributed by atoms with Crippen molar-refractivity contribution < 1.29 is 9.53 Å². The normalized spacial score (nSPS) is 20.6. The Morgan fingerprint density at radius 2 is 1.75 bits per heavy atom. The maximum Gasteiger partial charge on any atom is 0.257 e. The molecule has 5 nitrogen and oxygen atoms in total. The van der Waals surface area contributed by atoms with Gasteiger partial charge in [0.25, 0.3) is 5.91 Å². The van der Waals surface area contributed by atoms with Crippen LogP contribution in [-0.4, -0.2) is 40.8 Å². The van der Waals surface area contributed by atoms with Crippen molar-refractivity contribution in [3.63, 3.8) is 0 Å². The van der Waals surface area contributed by atoms with Gasteiger partial charge in [0.2, 0.25) is 0 Å². The van der Waals surface area contributed by atoms with E-state index in [9.17, 15) is 4.79 Å². The molecule has 1 aliphatic carbocycles. The van der Waals surface area contributed by atoms with E-state index in [4.69, 9.17) is 9.84 Å². The zero-order valence-electron chi connectivity index (χ0n) is 18.7. The third-order valence-corrected chi connectivity index (χ3v) is 7.12. The lowest BCUT2D eigenvalue weighted by atomic mass is 9.75. The van der Waals surface area contributed by atoms with Gasteiger partial charge in [0.15, 0.2) is 0 Å². The van der Waals surface area contributed by atoms with Crippen molar-refractivity contribution in [3.05, 3.63) is 71.9 Å². The van der Waals surface area contributed by atoms with E-state index in [-0.39, 0.29) is 5.91 Å². The summed E-state index contributed by atoms with van der Waals surface area (Å²) in [6.07, 6.45) is 8.27. The van der Waals surface area contributed by atoms with Gasteiger partial charge in [0, 0.05) is 24.8 Å². The number of para-hydroxylation sites is 1. The number of fused-ring (bicyclic) bond motifs is 1. The topological polar surface area (TPSA) is 47.4 Å². The molecule has 1 aliphatic heterocycles. The van der Waals surface area contributed by atoms with Gasteiger partial charge in [0.05, 0.1) is 19.2 Å². The lowest BCUT2D eigenvalue weighted by Gasteiger charge is -2.41. The van der Waals surface area contributed by atoms with E-state index >= 15 is 0 Å². The highest BCUT2D eigenvalue weighted by atomic mass is 16.5. The SMILES string of the molecule is COc1ccccc1-c1nn(Cc2ccccc2)cc1C(=O)N1CCC2CCCCC2C1. The molecule has 0 N–H and O–H groups in total. The molecular formula is C27H31N3O2. The number of aromatic nitrogens is 2. The first-order valence-corrected chi connectivity index (χ1v) is 11.8. The van der Waals surface area contributed by atoms with Gasteiger partial charge in [-0.25, -0.2) is 0 Å². The number of hydrogen-bond donors (Lipinski definition) is 0. The van der Waals surface area contributed by atoms with Gasteiger partial charge < -0.3 is 9.64 Å². The molecule has 2 fully saturated rings. The van der Waals surface area contributed by atoms with Crippen molar-refractivity contribution in [2.45, 2.75) is 38.6 Å². The number of rotatable bonds is 5. The number of methoxy groups -OCH3 is 1. The van der Waals surface area contributed by atoms with Gasteiger partial charge in [-0.15, -0.1) is 0 Å². The number of amides is 1. The molecule has 166 valence electrons. The quantitative estimate of drug-likeness (QED) is 0.556. The molecule has 1 amide bonds. The maximum atomic E-state index is 13.8. The van der Waals surface area contributed by atoms with Crippen LogP contribution < -0.4 is 4.74 Å². The Balaban J connectivity index is 1.49. The smallest absolute Gasteiger partial charge is 0.257 e. The van der Waals surface area contributed by atoms with Crippen molar-refractivity contribution in [2.24, 2.45) is 11.8 Å². The zero-order chi connectivity index (χ0) is 21.9. The minimum atomic E-state index is 0.0919. The molecule has 1 saturated heterocycles. The molecule has 32 heavy (non-hydrogen) atoms. The van der Waals surface area contributed by atoms with Crippen LogP contribution in [0.2, 0.25) is 0 Å². The Kier molecular flexibility index (Phi) is 5.97. The van der Waals surface area contributed by atoms with Gasteiger partial charge >= 0.3 is 0 Å². The maximum absolute atomic E-state index is 13.8. The minimum absolute atomic E-state index is 0.0919. The highest BCUT2D eigenvalue weighted by Crippen LogP contribution is 2.37. The van der Waals surface area contributed by atoms with Crippen molar-refractivity contribution in [3.8, 4) is 17.0 Å². The van der Waals surface area contributed by atoms with Crippen molar-refractivity contribution >= 4 is 5.91 Å². The monoisotopic (exact) mass is 429 g/mol. The minimum Gasteiger partial charge on any atom is -0.496 e. The molecule has 0 bridgehead atoms. The van der Waals surface area contributed by atoms with Crippen molar-refractivity contribution in [1.82, 2.24) is 14.7 Å². The average Bonchev–Trinajstić information content (AvgIpc) is 3.27. The van der Waals surface area contributed by atoms with E-state index in [0.717, 1.165) is 42.3 Å². The van der Waals surface area contributed by atoms with Crippen LogP contribution in [-0.2, 0) is 6.54 Å². The number of ether oxygens (including phenoxy) is 1. The largest absolute Gasteiger partial charge is 0.496 e. The third kappa shape index (κ3) is 4.16. The van der Waals surface area contributed by atoms with E-state index < -0.39 is 0 Å². The zero-order valence-corrected chi connectivity index (χ0v) is 18.7. The molecule has 0 spiro atoms. The highest BCUT2D eigenvalue weighted by Gasteiger charge is 2.34. The number of hydrogen-bond acceptors (Lipinski definition) is 3. The lowest BCUT2D eigenvalue weighted by molar-refractivity contribution is 0.0521. The Labute approximate surface area is 190 Å². The summed E-state index contributed by atoms with van der Waals surface area (Å²) in [4.78, 5) is 15.8. The summed E-state index contributed by atoms with van der Waals surface area (Å²) in [5.74, 6) is 2.27. The van der Waals surface area contributed by atoms with E-state index in [1.165, 1.54) is 25.7 Å². The van der Waals surface area contributed by atoms with Crippen LogP contribution in [0.15, 0.2) is 60.8 Å². The second kappa shape index (κ2) is 9.19. The number of likely N-dealkylation sites (tertiary alicyclic amines) is 1. The number of carbonyl (C=O) groups is 1. The molecule has 5 rings (SSSR count). The summed E-state index contributed by atoms with van der Waals surface area (Å²) >= 11 is 0. The summed E-state index contributed by atoms with van der Waals surface area (Å²) in [6.45, 7) is 2.34. The Morgan fingerprint density at radius 1 is 1.00 bits per heavy atom. The summed E-state index contributed by atoms with van der Waals surface area (Å²) in [5, 5.41) is 4.87. The second-order valence-electron chi connectivity index (χ2n) is 9.12. The van der Waals surface area contributed by atoms with E-state index in [0.29, 0.717) is 23.7 Å². The molecule has 2 atom stereocenters. The van der Waals surface area contributed by atoms with E-state index in [1.54, 1.807) is 7.11 Å². The fourth-order valence-corrected chi connectivity index (χ4v) is 5.42. The number of benzene rings is 2. The molecule has 3 aromatic rings. The number of piperidine rings is 1. The summed E-state index contributed by atoms with van der Waals surface area (Å²) < 4.78 is 7.49. The average molecular weight is 430 g/mol. The second-order valence-corrected chi connectivity index (χ2v) is 9.12. The Morgan fingerprint density at radius 3 is 2.56 bits per heavy atom. The first kappa shape index (κ1) is 20.8. The highest BCUT2D eigenvalue weighted by molar-refractivity contribution is 6.00. The molecule has 2 aromatic carbocycles. The number of carbonyl (C=O) groups excluding carboxylic acids is 1. The van der Waals surface area contributed by atoms with Crippen molar-refractivity contribution in [2.75, 3.05) is 20.2 Å². The summed E-state index contributed by atoms with van der Waals surface area (Å²) in [5.41, 5.74) is 3.38. The van der Waals surface area contributed by atoms with Crippen LogP contribution in [0, 0.1) is 11.8 Å². The Hall–Kier alpha value is -3.08. The molecule has 2 aliphatic rings. The van der Waals surface area contributed by atoms with Crippen LogP contribution in [0.3, 0.4) is 0 Å². The summed E-state index contributed by atoms with van der Waals surface area (Å²) in [7, 11) is 1.66.